The molecule has 1 saturated heterocycles. The van der Waals surface area contributed by atoms with Crippen molar-refractivity contribution in [2.45, 2.75) is 12.2 Å². The van der Waals surface area contributed by atoms with Crippen molar-refractivity contribution in [1.29, 1.82) is 5.26 Å². The molecule has 2 atom stereocenters. The average Bonchev–Trinajstić information content (AvgIpc) is 2.85. The number of nitrogens with zero attached hydrogens (tertiary/aromatic N) is 1. The van der Waals surface area contributed by atoms with E-state index in [-0.39, 0.29) is 12.2 Å². The van der Waals surface area contributed by atoms with E-state index in [4.69, 9.17) is 10.00 Å². The first-order chi connectivity index (χ1) is 5.42. The van der Waals surface area contributed by atoms with Crippen LogP contribution in [0.5, 0.6) is 0 Å². The minimum atomic E-state index is -0.211. The van der Waals surface area contributed by atoms with Crippen LogP contribution >= 0.6 is 0 Å². The molecular weight excluding hydrogens is 138 g/mol. The molecule has 0 saturated carbocycles. The molecule has 0 amide bonds. The maximum atomic E-state index is 8.46. The van der Waals surface area contributed by atoms with E-state index in [1.165, 1.54) is 0 Å². The van der Waals surface area contributed by atoms with Gasteiger partial charge in [0.25, 0.3) is 0 Å². The third-order valence-electron chi connectivity index (χ3n) is 1.75. The normalized spacial score (nSPS) is 27.5. The Morgan fingerprint density at radius 3 is 2.55 bits per heavy atom. The smallest absolute Gasteiger partial charge is 0.175 e. The van der Waals surface area contributed by atoms with E-state index < -0.39 is 0 Å². The van der Waals surface area contributed by atoms with Crippen molar-refractivity contribution in [2.24, 2.45) is 0 Å². The Morgan fingerprint density at radius 1 is 1.27 bits per heavy atom. The van der Waals surface area contributed by atoms with Crippen molar-refractivity contribution in [3.05, 3.63) is 35.9 Å². The lowest BCUT2D eigenvalue weighted by atomic mass is 10.1. The van der Waals surface area contributed by atoms with Gasteiger partial charge in [0.05, 0.1) is 6.07 Å². The third kappa shape index (κ3) is 1.11. The summed E-state index contributed by atoms with van der Waals surface area (Å²) in [6.45, 7) is 0. The molecule has 54 valence electrons. The molecule has 0 spiro atoms. The van der Waals surface area contributed by atoms with E-state index in [2.05, 4.69) is 6.07 Å². The van der Waals surface area contributed by atoms with Crippen molar-refractivity contribution in [3.8, 4) is 6.07 Å². The molecule has 1 aliphatic heterocycles. The molecule has 1 aromatic carbocycles. The van der Waals surface area contributed by atoms with E-state index in [0.717, 1.165) is 5.56 Å². The average molecular weight is 145 g/mol. The van der Waals surface area contributed by atoms with Crippen LogP contribution in [0.2, 0.25) is 0 Å². The molecule has 0 N–H and O–H groups in total. The summed E-state index contributed by atoms with van der Waals surface area (Å²) in [6.07, 6.45) is -0.182. The molecule has 2 heteroatoms. The van der Waals surface area contributed by atoms with Crippen LogP contribution in [-0.4, -0.2) is 6.10 Å². The number of benzene rings is 1. The number of rotatable bonds is 1. The van der Waals surface area contributed by atoms with Crippen LogP contribution in [0, 0.1) is 11.3 Å². The predicted molar refractivity (Wildman–Crippen MR) is 39.7 cm³/mol. The molecule has 2 rings (SSSR count). The fourth-order valence-corrected chi connectivity index (χ4v) is 1.11. The van der Waals surface area contributed by atoms with Crippen LogP contribution in [0.15, 0.2) is 30.3 Å². The van der Waals surface area contributed by atoms with Crippen molar-refractivity contribution in [2.75, 3.05) is 0 Å². The number of nitriles is 1. The Hall–Kier alpha value is -1.33. The van der Waals surface area contributed by atoms with Gasteiger partial charge in [-0.2, -0.15) is 5.26 Å². The Balaban J connectivity index is 2.16. The van der Waals surface area contributed by atoms with Gasteiger partial charge in [0, 0.05) is 0 Å². The first-order valence-corrected chi connectivity index (χ1v) is 3.52. The molecule has 1 heterocycles. The summed E-state index contributed by atoms with van der Waals surface area (Å²) in [5.74, 6) is 0. The minimum Gasteiger partial charge on any atom is -0.348 e. The fourth-order valence-electron chi connectivity index (χ4n) is 1.11. The zero-order valence-electron chi connectivity index (χ0n) is 5.90. The second-order valence-electron chi connectivity index (χ2n) is 2.52. The summed E-state index contributed by atoms with van der Waals surface area (Å²) < 4.78 is 5.09. The van der Waals surface area contributed by atoms with Crippen LogP contribution in [0.1, 0.15) is 11.7 Å². The highest BCUT2D eigenvalue weighted by Gasteiger charge is 2.40. The van der Waals surface area contributed by atoms with Crippen LogP contribution in [0.4, 0.5) is 0 Å². The molecule has 1 aromatic rings. The molecule has 0 radical (unpaired) electrons. The summed E-state index contributed by atoms with van der Waals surface area (Å²) in [7, 11) is 0. The maximum Gasteiger partial charge on any atom is 0.175 e. The highest BCUT2D eigenvalue weighted by Crippen LogP contribution is 2.37. The number of hydrogen-bond acceptors (Lipinski definition) is 2. The molecule has 11 heavy (non-hydrogen) atoms. The summed E-state index contributed by atoms with van der Waals surface area (Å²) in [5.41, 5.74) is 1.10. The maximum absolute atomic E-state index is 8.46. The van der Waals surface area contributed by atoms with Crippen molar-refractivity contribution >= 4 is 0 Å². The van der Waals surface area contributed by atoms with Crippen LogP contribution < -0.4 is 0 Å². The Bertz CT molecular complexity index is 288. The number of epoxide rings is 1. The monoisotopic (exact) mass is 145 g/mol. The zero-order valence-corrected chi connectivity index (χ0v) is 5.90. The van der Waals surface area contributed by atoms with Gasteiger partial charge < -0.3 is 4.74 Å². The third-order valence-corrected chi connectivity index (χ3v) is 1.75. The summed E-state index contributed by atoms with van der Waals surface area (Å²) in [6, 6.07) is 11.9. The van der Waals surface area contributed by atoms with Gasteiger partial charge in [0.15, 0.2) is 6.10 Å². The molecular formula is C9H7NO. The van der Waals surface area contributed by atoms with Crippen LogP contribution in [0.3, 0.4) is 0 Å². The predicted octanol–water partition coefficient (Wildman–Crippen LogP) is 1.65. The van der Waals surface area contributed by atoms with Crippen molar-refractivity contribution in [3.63, 3.8) is 0 Å². The number of hydrogen-bond donors (Lipinski definition) is 0. The standard InChI is InChI=1S/C9H7NO/c10-6-8-9(11-8)7-4-2-1-3-5-7/h1-5,8-9H/t8-,9+/m0/s1. The van der Waals surface area contributed by atoms with Gasteiger partial charge >= 0.3 is 0 Å². The first-order valence-electron chi connectivity index (χ1n) is 3.52. The van der Waals surface area contributed by atoms with E-state index in [0.29, 0.717) is 0 Å². The van der Waals surface area contributed by atoms with Crippen molar-refractivity contribution in [1.82, 2.24) is 0 Å². The fraction of sp³-hybridized carbons (Fsp3) is 0.222. The van der Waals surface area contributed by atoms with E-state index in [1.54, 1.807) is 0 Å². The molecule has 0 aromatic heterocycles. The van der Waals surface area contributed by atoms with Gasteiger partial charge in [0.2, 0.25) is 0 Å². The van der Waals surface area contributed by atoms with Gasteiger partial charge in [-0.05, 0) is 5.56 Å². The lowest BCUT2D eigenvalue weighted by Crippen LogP contribution is -1.82. The lowest BCUT2D eigenvalue weighted by Gasteiger charge is -1.90. The molecule has 0 unspecified atom stereocenters. The quantitative estimate of drug-likeness (QED) is 0.563. The highest BCUT2D eigenvalue weighted by molar-refractivity contribution is 5.25. The van der Waals surface area contributed by atoms with Gasteiger partial charge in [-0.1, -0.05) is 30.3 Å². The Kier molecular flexibility index (Phi) is 1.38. The van der Waals surface area contributed by atoms with E-state index in [1.807, 2.05) is 30.3 Å². The lowest BCUT2D eigenvalue weighted by molar-refractivity contribution is 0.396. The molecule has 2 nitrogen and oxygen atoms in total. The molecule has 1 aliphatic rings. The second kappa shape index (κ2) is 2.37. The van der Waals surface area contributed by atoms with Crippen LogP contribution in [0.25, 0.3) is 0 Å². The summed E-state index contributed by atoms with van der Waals surface area (Å²) in [4.78, 5) is 0. The zero-order chi connectivity index (χ0) is 7.68. The van der Waals surface area contributed by atoms with Gasteiger partial charge in [-0.3, -0.25) is 0 Å². The van der Waals surface area contributed by atoms with Gasteiger partial charge in [0.1, 0.15) is 6.10 Å². The number of ether oxygens (including phenoxy) is 1. The minimum absolute atomic E-state index is 0.0289. The van der Waals surface area contributed by atoms with Gasteiger partial charge in [-0.15, -0.1) is 0 Å². The van der Waals surface area contributed by atoms with E-state index in [9.17, 15) is 0 Å². The topological polar surface area (TPSA) is 36.3 Å². The van der Waals surface area contributed by atoms with Crippen LogP contribution in [-0.2, 0) is 4.74 Å². The molecule has 1 fully saturated rings. The first kappa shape index (κ1) is 6.38. The Labute approximate surface area is 65.0 Å². The molecule has 0 aliphatic carbocycles. The SMILES string of the molecule is N#C[C@@H]1O[C@@H]1c1ccccc1. The largest absolute Gasteiger partial charge is 0.348 e. The summed E-state index contributed by atoms with van der Waals surface area (Å²) in [5, 5.41) is 8.46. The van der Waals surface area contributed by atoms with E-state index >= 15 is 0 Å². The van der Waals surface area contributed by atoms with Gasteiger partial charge in [-0.25, -0.2) is 0 Å². The van der Waals surface area contributed by atoms with Crippen molar-refractivity contribution < 1.29 is 4.74 Å². The second-order valence-corrected chi connectivity index (χ2v) is 2.52. The highest BCUT2D eigenvalue weighted by atomic mass is 16.6. The molecule has 0 bridgehead atoms. The summed E-state index contributed by atoms with van der Waals surface area (Å²) >= 11 is 0. The Morgan fingerprint density at radius 2 is 2.00 bits per heavy atom.